The van der Waals surface area contributed by atoms with E-state index in [0.29, 0.717) is 41.1 Å². The Morgan fingerprint density at radius 1 is 1.16 bits per heavy atom. The maximum atomic E-state index is 13.0. The smallest absolute Gasteiger partial charge is 0.291 e. The average molecular weight is 527 g/mol. The third-order valence-electron chi connectivity index (χ3n) is 5.81. The Labute approximate surface area is 225 Å². The minimum atomic E-state index is -0.566. The van der Waals surface area contributed by atoms with Crippen LogP contribution in [0.3, 0.4) is 0 Å². The van der Waals surface area contributed by atoms with Gasteiger partial charge in [0.1, 0.15) is 5.75 Å². The number of hydrogen-bond acceptors (Lipinski definition) is 7. The van der Waals surface area contributed by atoms with Crippen LogP contribution in [-0.2, 0) is 11.2 Å². The largest absolute Gasteiger partial charge is 0.505 e. The van der Waals surface area contributed by atoms with E-state index >= 15 is 0 Å². The molecule has 2 aromatic carbocycles. The molecule has 4 rings (SSSR count). The van der Waals surface area contributed by atoms with Gasteiger partial charge in [0, 0.05) is 34.1 Å². The van der Waals surface area contributed by atoms with Gasteiger partial charge >= 0.3 is 0 Å². The van der Waals surface area contributed by atoms with Crippen molar-refractivity contribution in [2.75, 3.05) is 17.2 Å². The lowest BCUT2D eigenvalue weighted by Gasteiger charge is -2.16. The van der Waals surface area contributed by atoms with Gasteiger partial charge < -0.3 is 25.9 Å². The van der Waals surface area contributed by atoms with E-state index < -0.39 is 11.8 Å². The molecule has 0 saturated carbocycles. The fraction of sp³-hybridized carbons (Fsp3) is 0.172. The molecule has 0 spiro atoms. The fourth-order valence-electron chi connectivity index (χ4n) is 3.78. The van der Waals surface area contributed by atoms with E-state index in [1.807, 2.05) is 0 Å². The SMILES string of the molecule is Cc1ccoc1C(=O)Nc1cccc(C#C[C@H]2C=NC=C(C(=O)Nc3cccc(CCCN)c3O)C2=S)c1. The summed E-state index contributed by atoms with van der Waals surface area (Å²) in [5.41, 5.74) is 8.70. The minimum absolute atomic E-state index is 0.00523. The highest BCUT2D eigenvalue weighted by Gasteiger charge is 2.24. The molecule has 1 aliphatic heterocycles. The Balaban J connectivity index is 1.44. The molecule has 0 fully saturated rings. The summed E-state index contributed by atoms with van der Waals surface area (Å²) < 4.78 is 5.24. The van der Waals surface area contributed by atoms with E-state index in [1.165, 1.54) is 12.5 Å². The van der Waals surface area contributed by atoms with Gasteiger partial charge in [-0.15, -0.1) is 0 Å². The van der Waals surface area contributed by atoms with Crippen LogP contribution in [-0.4, -0.2) is 34.5 Å². The maximum Gasteiger partial charge on any atom is 0.291 e. The number of nitrogens with one attached hydrogen (secondary N) is 2. The van der Waals surface area contributed by atoms with Crippen LogP contribution in [0.15, 0.2) is 76.0 Å². The van der Waals surface area contributed by atoms with Crippen molar-refractivity contribution < 1.29 is 19.1 Å². The number of furan rings is 1. The number of aryl methyl sites for hydroxylation is 2. The van der Waals surface area contributed by atoms with E-state index in [-0.39, 0.29) is 28.7 Å². The Hall–Kier alpha value is -4.52. The summed E-state index contributed by atoms with van der Waals surface area (Å²) in [4.78, 5) is 29.9. The summed E-state index contributed by atoms with van der Waals surface area (Å²) in [5, 5.41) is 16.1. The van der Waals surface area contributed by atoms with Crippen LogP contribution in [0.5, 0.6) is 5.75 Å². The zero-order valence-corrected chi connectivity index (χ0v) is 21.5. The topological polar surface area (TPSA) is 130 Å². The molecule has 0 aliphatic carbocycles. The van der Waals surface area contributed by atoms with Crippen LogP contribution in [0.1, 0.15) is 33.7 Å². The zero-order chi connectivity index (χ0) is 27.1. The summed E-state index contributed by atoms with van der Waals surface area (Å²) in [6.07, 6.45) is 5.74. The number of amides is 2. The lowest BCUT2D eigenvalue weighted by molar-refractivity contribution is -0.112. The molecule has 1 atom stereocenters. The second-order valence-corrected chi connectivity index (χ2v) is 9.02. The van der Waals surface area contributed by atoms with Crippen LogP contribution < -0.4 is 16.4 Å². The number of carbonyl (C=O) groups is 2. The molecule has 0 radical (unpaired) electrons. The monoisotopic (exact) mass is 526 g/mol. The number of phenolic OH excluding ortho intramolecular Hbond substituents is 1. The van der Waals surface area contributed by atoms with E-state index in [1.54, 1.807) is 61.7 Å². The number of thiocarbonyl (C=S) groups is 1. The van der Waals surface area contributed by atoms with Crippen molar-refractivity contribution >= 4 is 46.5 Å². The van der Waals surface area contributed by atoms with E-state index in [2.05, 4.69) is 27.5 Å². The Kier molecular flexibility index (Phi) is 8.48. The number of para-hydroxylation sites is 1. The van der Waals surface area contributed by atoms with Gasteiger partial charge in [-0.2, -0.15) is 0 Å². The zero-order valence-electron chi connectivity index (χ0n) is 20.7. The first-order valence-corrected chi connectivity index (χ1v) is 12.3. The quantitative estimate of drug-likeness (QED) is 0.205. The number of nitrogens with zero attached hydrogens (tertiary/aromatic N) is 1. The molecule has 2 amide bonds. The van der Waals surface area contributed by atoms with E-state index in [9.17, 15) is 14.7 Å². The first-order chi connectivity index (χ1) is 18.4. The van der Waals surface area contributed by atoms with Crippen LogP contribution in [0.4, 0.5) is 11.4 Å². The van der Waals surface area contributed by atoms with Crippen molar-refractivity contribution in [2.45, 2.75) is 19.8 Å². The number of carbonyl (C=O) groups excluding carboxylic acids is 2. The molecule has 1 aliphatic rings. The highest BCUT2D eigenvalue weighted by atomic mass is 32.1. The second-order valence-electron chi connectivity index (χ2n) is 8.58. The third kappa shape index (κ3) is 6.24. The lowest BCUT2D eigenvalue weighted by atomic mass is 9.97. The number of anilines is 2. The third-order valence-corrected chi connectivity index (χ3v) is 6.28. The van der Waals surface area contributed by atoms with Crippen molar-refractivity contribution in [2.24, 2.45) is 16.6 Å². The predicted molar refractivity (Wildman–Crippen MR) is 151 cm³/mol. The fourth-order valence-corrected chi connectivity index (χ4v) is 4.05. The van der Waals surface area contributed by atoms with Crippen LogP contribution >= 0.6 is 12.2 Å². The maximum absolute atomic E-state index is 13.0. The van der Waals surface area contributed by atoms with Gasteiger partial charge in [-0.1, -0.05) is 42.3 Å². The van der Waals surface area contributed by atoms with Crippen molar-refractivity contribution in [3.63, 3.8) is 0 Å². The van der Waals surface area contributed by atoms with E-state index in [0.717, 1.165) is 5.56 Å². The van der Waals surface area contributed by atoms with Gasteiger partial charge in [-0.05, 0) is 62.2 Å². The molecule has 192 valence electrons. The molecular formula is C29H26N4O4S. The first kappa shape index (κ1) is 26.5. The van der Waals surface area contributed by atoms with Crippen molar-refractivity contribution in [1.29, 1.82) is 0 Å². The Morgan fingerprint density at radius 3 is 2.74 bits per heavy atom. The van der Waals surface area contributed by atoms with Crippen molar-refractivity contribution in [3.05, 3.63) is 89.0 Å². The molecule has 0 bridgehead atoms. The summed E-state index contributed by atoms with van der Waals surface area (Å²) in [6, 6.07) is 13.9. The molecule has 9 heteroatoms. The number of phenols is 1. The molecule has 0 saturated heterocycles. The molecular weight excluding hydrogens is 500 g/mol. The first-order valence-electron chi connectivity index (χ1n) is 11.9. The molecule has 1 aromatic heterocycles. The van der Waals surface area contributed by atoms with Crippen LogP contribution in [0.25, 0.3) is 0 Å². The van der Waals surface area contributed by atoms with Crippen LogP contribution in [0, 0.1) is 24.7 Å². The summed E-state index contributed by atoms with van der Waals surface area (Å²) in [5.74, 6) is 4.93. The predicted octanol–water partition coefficient (Wildman–Crippen LogP) is 4.38. The normalized spacial score (nSPS) is 14.3. The number of aromatic hydroxyl groups is 1. The average Bonchev–Trinajstić information content (AvgIpc) is 3.34. The van der Waals surface area contributed by atoms with Crippen molar-refractivity contribution in [3.8, 4) is 17.6 Å². The van der Waals surface area contributed by atoms with Gasteiger partial charge in [-0.3, -0.25) is 14.6 Å². The molecule has 38 heavy (non-hydrogen) atoms. The summed E-state index contributed by atoms with van der Waals surface area (Å²) in [6.45, 7) is 2.29. The molecule has 2 heterocycles. The standard InChI is InChI=1S/C29H26N4O4S/c1-18-12-14-37-26(18)29(36)32-22-8-2-5-19(15-22)10-11-21-16-31-17-23(27(21)38)28(35)33-24-9-3-6-20(25(24)34)7-4-13-30/h2-3,5-6,8-9,12,14-17,21,34H,4,7,13,30H2,1H3,(H,32,36)(H,33,35)/t21-/m0/s1. The van der Waals surface area contributed by atoms with E-state index in [4.69, 9.17) is 22.4 Å². The Bertz CT molecular complexity index is 1510. The van der Waals surface area contributed by atoms with Gasteiger partial charge in [0.05, 0.1) is 23.4 Å². The number of benzene rings is 2. The molecule has 3 aromatic rings. The lowest BCUT2D eigenvalue weighted by Crippen LogP contribution is -2.26. The highest BCUT2D eigenvalue weighted by molar-refractivity contribution is 7.81. The minimum Gasteiger partial charge on any atom is -0.505 e. The van der Waals surface area contributed by atoms with Gasteiger partial charge in [0.15, 0.2) is 5.76 Å². The second kappa shape index (κ2) is 12.1. The number of hydrogen-bond donors (Lipinski definition) is 4. The van der Waals surface area contributed by atoms with Gasteiger partial charge in [0.2, 0.25) is 0 Å². The Morgan fingerprint density at radius 2 is 1.97 bits per heavy atom. The number of aliphatic imine (C=N–C) groups is 1. The van der Waals surface area contributed by atoms with Gasteiger partial charge in [-0.25, -0.2) is 0 Å². The van der Waals surface area contributed by atoms with Gasteiger partial charge in [0.25, 0.3) is 11.8 Å². The highest BCUT2D eigenvalue weighted by Crippen LogP contribution is 2.29. The summed E-state index contributed by atoms with van der Waals surface area (Å²) >= 11 is 5.55. The molecule has 5 N–H and O–H groups in total. The number of rotatable bonds is 7. The number of nitrogens with two attached hydrogens (primary N) is 1. The summed E-state index contributed by atoms with van der Waals surface area (Å²) in [7, 11) is 0. The van der Waals surface area contributed by atoms with Crippen molar-refractivity contribution in [1.82, 2.24) is 0 Å². The molecule has 8 nitrogen and oxygen atoms in total. The molecule has 0 unspecified atom stereocenters. The van der Waals surface area contributed by atoms with Crippen LogP contribution in [0.2, 0.25) is 0 Å².